The van der Waals surface area contributed by atoms with Crippen molar-refractivity contribution in [2.75, 3.05) is 6.54 Å². The second-order valence-corrected chi connectivity index (χ2v) is 5.32. The number of hydrogen-bond acceptors (Lipinski definition) is 3. The molecule has 0 heterocycles. The number of rotatable bonds is 9. The molecule has 0 unspecified atom stereocenters. The van der Waals surface area contributed by atoms with Gasteiger partial charge in [-0.05, 0) is 30.5 Å². The van der Waals surface area contributed by atoms with E-state index in [0.29, 0.717) is 29.9 Å². The van der Waals surface area contributed by atoms with E-state index in [1.807, 2.05) is 12.1 Å². The predicted molar refractivity (Wildman–Crippen MR) is 85.4 cm³/mol. The van der Waals surface area contributed by atoms with Gasteiger partial charge in [0.2, 0.25) is 0 Å². The minimum atomic E-state index is -0.781. The van der Waals surface area contributed by atoms with Crippen molar-refractivity contribution in [3.63, 3.8) is 0 Å². The van der Waals surface area contributed by atoms with E-state index in [-0.39, 0.29) is 12.3 Å². The molecular formula is C15H20N2O3S. The predicted octanol–water partition coefficient (Wildman–Crippen LogP) is 1.89. The Balaban J connectivity index is 2.28. The molecule has 5 nitrogen and oxygen atoms in total. The van der Waals surface area contributed by atoms with Gasteiger partial charge < -0.3 is 16.2 Å². The molecule has 0 aromatic heterocycles. The summed E-state index contributed by atoms with van der Waals surface area (Å²) >= 11 is 4.83. The number of thiocarbonyl (C=S) groups is 1. The Morgan fingerprint density at radius 3 is 2.38 bits per heavy atom. The Morgan fingerprint density at radius 1 is 1.14 bits per heavy atom. The number of carboxylic acid groups (broad SMARTS) is 1. The van der Waals surface area contributed by atoms with Crippen LogP contribution in [0.5, 0.6) is 0 Å². The lowest BCUT2D eigenvalue weighted by atomic mass is 10.1. The Bertz CT molecular complexity index is 500. The molecule has 0 atom stereocenters. The smallest absolute Gasteiger partial charge is 0.303 e. The third-order valence-electron chi connectivity index (χ3n) is 2.95. The maximum atomic E-state index is 11.9. The molecule has 0 bridgehead atoms. The van der Waals surface area contributed by atoms with Gasteiger partial charge in [0.05, 0.1) is 4.99 Å². The average molecular weight is 308 g/mol. The molecule has 0 fully saturated rings. The molecule has 21 heavy (non-hydrogen) atoms. The molecular weight excluding hydrogens is 288 g/mol. The minimum Gasteiger partial charge on any atom is -0.481 e. The zero-order chi connectivity index (χ0) is 15.7. The van der Waals surface area contributed by atoms with Gasteiger partial charge in [-0.3, -0.25) is 9.59 Å². The fraction of sp³-hybridized carbons (Fsp3) is 0.400. The first kappa shape index (κ1) is 17.1. The number of amides is 1. The first-order valence-corrected chi connectivity index (χ1v) is 7.27. The van der Waals surface area contributed by atoms with Crippen molar-refractivity contribution in [1.82, 2.24) is 5.32 Å². The largest absolute Gasteiger partial charge is 0.481 e. The molecule has 1 rings (SSSR count). The molecule has 114 valence electrons. The van der Waals surface area contributed by atoms with Crippen molar-refractivity contribution in [2.45, 2.75) is 32.1 Å². The lowest BCUT2D eigenvalue weighted by Gasteiger charge is -2.06. The number of carbonyl (C=O) groups is 2. The second-order valence-electron chi connectivity index (χ2n) is 4.80. The van der Waals surface area contributed by atoms with E-state index < -0.39 is 5.97 Å². The molecule has 0 aliphatic rings. The Hall–Kier alpha value is -1.95. The van der Waals surface area contributed by atoms with Crippen LogP contribution in [0.25, 0.3) is 0 Å². The fourth-order valence-electron chi connectivity index (χ4n) is 1.86. The van der Waals surface area contributed by atoms with Crippen LogP contribution in [0.4, 0.5) is 0 Å². The number of nitrogens with one attached hydrogen (secondary N) is 1. The van der Waals surface area contributed by atoms with Crippen LogP contribution < -0.4 is 11.1 Å². The van der Waals surface area contributed by atoms with Crippen LogP contribution in [0.15, 0.2) is 24.3 Å². The molecule has 0 aliphatic carbocycles. The van der Waals surface area contributed by atoms with Gasteiger partial charge >= 0.3 is 5.97 Å². The molecule has 1 aromatic carbocycles. The van der Waals surface area contributed by atoms with Gasteiger partial charge in [-0.25, -0.2) is 0 Å². The number of nitrogens with two attached hydrogens (primary N) is 1. The molecule has 1 amide bonds. The number of benzene rings is 1. The summed E-state index contributed by atoms with van der Waals surface area (Å²) in [6, 6.07) is 7.16. The van der Waals surface area contributed by atoms with Gasteiger partial charge in [-0.1, -0.05) is 30.8 Å². The second kappa shape index (κ2) is 9.07. The summed E-state index contributed by atoms with van der Waals surface area (Å²) in [5.74, 6) is -0.911. The van der Waals surface area contributed by atoms with E-state index in [9.17, 15) is 9.59 Å². The van der Waals surface area contributed by atoms with Crippen molar-refractivity contribution in [1.29, 1.82) is 0 Å². The highest BCUT2D eigenvalue weighted by atomic mass is 32.1. The maximum absolute atomic E-state index is 11.9. The Morgan fingerprint density at radius 2 is 1.81 bits per heavy atom. The van der Waals surface area contributed by atoms with Crippen LogP contribution in [-0.2, 0) is 11.2 Å². The third kappa shape index (κ3) is 7.41. The highest BCUT2D eigenvalue weighted by Crippen LogP contribution is 2.06. The summed E-state index contributed by atoms with van der Waals surface area (Å²) < 4.78 is 0. The van der Waals surface area contributed by atoms with E-state index >= 15 is 0 Å². The fourth-order valence-corrected chi connectivity index (χ4v) is 2.02. The standard InChI is InChI=1S/C15H20N2O3S/c16-13(21)10-11-5-7-12(8-6-11)15(20)17-9-3-1-2-4-14(18)19/h5-8H,1-4,9-10H2,(H2,16,21)(H,17,20)(H,18,19). The van der Waals surface area contributed by atoms with E-state index in [1.165, 1.54) is 0 Å². The SMILES string of the molecule is NC(=S)Cc1ccc(C(=O)NCCCCCC(=O)O)cc1. The summed E-state index contributed by atoms with van der Waals surface area (Å²) in [7, 11) is 0. The zero-order valence-corrected chi connectivity index (χ0v) is 12.6. The summed E-state index contributed by atoms with van der Waals surface area (Å²) in [4.78, 5) is 22.6. The molecule has 0 aliphatic heterocycles. The quantitative estimate of drug-likeness (QED) is 0.478. The molecule has 0 radical (unpaired) electrons. The van der Waals surface area contributed by atoms with E-state index in [1.54, 1.807) is 12.1 Å². The highest BCUT2D eigenvalue weighted by Gasteiger charge is 2.05. The van der Waals surface area contributed by atoms with Gasteiger partial charge in [-0.15, -0.1) is 0 Å². The van der Waals surface area contributed by atoms with Crippen LogP contribution >= 0.6 is 12.2 Å². The average Bonchev–Trinajstić information content (AvgIpc) is 2.42. The summed E-state index contributed by atoms with van der Waals surface area (Å²) in [6.07, 6.45) is 2.91. The first-order chi connectivity index (χ1) is 9.99. The monoisotopic (exact) mass is 308 g/mol. The Kier molecular flexibility index (Phi) is 7.39. The summed E-state index contributed by atoms with van der Waals surface area (Å²) in [5.41, 5.74) is 7.03. The number of aliphatic carboxylic acids is 1. The zero-order valence-electron chi connectivity index (χ0n) is 11.8. The van der Waals surface area contributed by atoms with E-state index in [0.717, 1.165) is 18.4 Å². The molecule has 0 saturated carbocycles. The molecule has 1 aromatic rings. The first-order valence-electron chi connectivity index (χ1n) is 6.86. The number of unbranched alkanes of at least 4 members (excludes halogenated alkanes) is 2. The van der Waals surface area contributed by atoms with Gasteiger partial charge in [0.1, 0.15) is 0 Å². The molecule has 0 spiro atoms. The summed E-state index contributed by atoms with van der Waals surface area (Å²) in [6.45, 7) is 0.549. The third-order valence-corrected chi connectivity index (χ3v) is 3.09. The van der Waals surface area contributed by atoms with Crippen LogP contribution in [-0.4, -0.2) is 28.5 Å². The highest BCUT2D eigenvalue weighted by molar-refractivity contribution is 7.80. The van der Waals surface area contributed by atoms with Crippen molar-refractivity contribution in [3.05, 3.63) is 35.4 Å². The van der Waals surface area contributed by atoms with Gasteiger partial charge in [0, 0.05) is 24.9 Å². The van der Waals surface area contributed by atoms with Gasteiger partial charge in [0.15, 0.2) is 0 Å². The minimum absolute atomic E-state index is 0.130. The van der Waals surface area contributed by atoms with Crippen molar-refractivity contribution >= 4 is 29.1 Å². The number of hydrogen-bond donors (Lipinski definition) is 3. The van der Waals surface area contributed by atoms with Gasteiger partial charge in [-0.2, -0.15) is 0 Å². The molecule has 4 N–H and O–H groups in total. The van der Waals surface area contributed by atoms with E-state index in [2.05, 4.69) is 5.32 Å². The van der Waals surface area contributed by atoms with Gasteiger partial charge in [0.25, 0.3) is 5.91 Å². The topological polar surface area (TPSA) is 92.4 Å². The van der Waals surface area contributed by atoms with Crippen molar-refractivity contribution in [3.8, 4) is 0 Å². The number of carbonyl (C=O) groups excluding carboxylic acids is 1. The van der Waals surface area contributed by atoms with Crippen molar-refractivity contribution in [2.24, 2.45) is 5.73 Å². The van der Waals surface area contributed by atoms with Crippen molar-refractivity contribution < 1.29 is 14.7 Å². The lowest BCUT2D eigenvalue weighted by Crippen LogP contribution is -2.24. The molecule has 6 heteroatoms. The number of carboxylic acids is 1. The lowest BCUT2D eigenvalue weighted by molar-refractivity contribution is -0.137. The van der Waals surface area contributed by atoms with Crippen LogP contribution in [0, 0.1) is 0 Å². The van der Waals surface area contributed by atoms with Crippen LogP contribution in [0.3, 0.4) is 0 Å². The summed E-state index contributed by atoms with van der Waals surface area (Å²) in [5, 5.41) is 11.3. The van der Waals surface area contributed by atoms with Crippen LogP contribution in [0.2, 0.25) is 0 Å². The normalized spacial score (nSPS) is 10.1. The Labute approximate surface area is 129 Å². The maximum Gasteiger partial charge on any atom is 0.303 e. The molecule has 0 saturated heterocycles. The van der Waals surface area contributed by atoms with E-state index in [4.69, 9.17) is 23.1 Å². The van der Waals surface area contributed by atoms with Crippen LogP contribution in [0.1, 0.15) is 41.6 Å².